The second kappa shape index (κ2) is 3.93. The molecule has 25 heavy (non-hydrogen) atoms. The fourth-order valence-electron chi connectivity index (χ4n) is 5.20. The number of ether oxygens (including phenoxy) is 1. The highest BCUT2D eigenvalue weighted by molar-refractivity contribution is 6.36. The summed E-state index contributed by atoms with van der Waals surface area (Å²) in [6.07, 6.45) is 4.41. The highest BCUT2D eigenvalue weighted by Gasteiger charge is 2.91. The van der Waals surface area contributed by atoms with E-state index in [0.29, 0.717) is 12.0 Å². The summed E-state index contributed by atoms with van der Waals surface area (Å²) in [5.74, 6) is -1.18. The maximum atomic E-state index is 13.4. The lowest BCUT2D eigenvalue weighted by Crippen LogP contribution is -2.60. The molecule has 0 aromatic carbocycles. The minimum absolute atomic E-state index is 0.0369. The molecule has 5 nitrogen and oxygen atoms in total. The summed E-state index contributed by atoms with van der Waals surface area (Å²) in [6, 6.07) is 0. The van der Waals surface area contributed by atoms with Crippen LogP contribution in [0.3, 0.4) is 0 Å². The first kappa shape index (κ1) is 15.0. The van der Waals surface area contributed by atoms with Crippen LogP contribution < -0.4 is 0 Å². The van der Waals surface area contributed by atoms with Gasteiger partial charge in [-0.15, -0.1) is 0 Å². The van der Waals surface area contributed by atoms with Crippen LogP contribution in [0.5, 0.6) is 0 Å². The third-order valence-electron chi connectivity index (χ3n) is 6.85. The Bertz CT molecular complexity index is 990. The Balaban J connectivity index is 1.85. The number of carbonyl (C=O) groups excluding carboxylic acids is 3. The molecule has 3 atom stereocenters. The van der Waals surface area contributed by atoms with Crippen molar-refractivity contribution in [1.82, 2.24) is 0 Å². The van der Waals surface area contributed by atoms with E-state index in [1.165, 1.54) is 17.9 Å². The number of aryl methyl sites for hydroxylation is 1. The van der Waals surface area contributed by atoms with E-state index < -0.39 is 28.2 Å². The largest absolute Gasteiger partial charge is 0.460 e. The van der Waals surface area contributed by atoms with Gasteiger partial charge in [0.25, 0.3) is 0 Å². The van der Waals surface area contributed by atoms with Gasteiger partial charge in [-0.25, -0.2) is 0 Å². The molecule has 0 spiro atoms. The Hall–Kier alpha value is -2.27. The maximum Gasteiger partial charge on any atom is 0.235 e. The first-order valence-electron chi connectivity index (χ1n) is 8.53. The predicted octanol–water partition coefficient (Wildman–Crippen LogP) is 3.12. The van der Waals surface area contributed by atoms with Gasteiger partial charge in [0.05, 0.1) is 11.8 Å². The Kier molecular flexibility index (Phi) is 2.36. The Morgan fingerprint density at radius 2 is 1.80 bits per heavy atom. The van der Waals surface area contributed by atoms with Crippen molar-refractivity contribution in [3.8, 4) is 0 Å². The number of carbonyl (C=O) groups is 3. The summed E-state index contributed by atoms with van der Waals surface area (Å²) in [5, 5.41) is 0. The molecule has 4 aliphatic rings. The third-order valence-corrected chi connectivity index (χ3v) is 6.85. The zero-order valence-corrected chi connectivity index (χ0v) is 14.6. The van der Waals surface area contributed by atoms with E-state index in [4.69, 9.17) is 9.15 Å². The quantitative estimate of drug-likeness (QED) is 0.536. The smallest absolute Gasteiger partial charge is 0.235 e. The van der Waals surface area contributed by atoms with Crippen LogP contribution in [0.4, 0.5) is 0 Å². The summed E-state index contributed by atoms with van der Waals surface area (Å²) in [7, 11) is 0. The normalized spacial score (nSPS) is 38.7. The molecule has 1 aliphatic heterocycles. The van der Waals surface area contributed by atoms with E-state index in [2.05, 4.69) is 0 Å². The molecule has 0 amide bonds. The van der Waals surface area contributed by atoms with E-state index in [-0.39, 0.29) is 17.1 Å². The number of hydrogen-bond donors (Lipinski definition) is 0. The lowest BCUT2D eigenvalue weighted by Gasteiger charge is -2.45. The average molecular weight is 338 g/mol. The number of fused-ring (bicyclic) bond motifs is 2. The van der Waals surface area contributed by atoms with Crippen molar-refractivity contribution in [3.05, 3.63) is 45.9 Å². The SMILES string of the molecule is CC1=C(C)C2=CC(=O)[C@@]34O[C@@]3(C(=O)c3occ(C)c3C4=O)[C@@]2(C)CC1. The molecule has 1 aromatic heterocycles. The number of epoxide rings is 1. The van der Waals surface area contributed by atoms with Gasteiger partial charge in [-0.2, -0.15) is 0 Å². The van der Waals surface area contributed by atoms with Crippen molar-refractivity contribution in [2.45, 2.75) is 51.7 Å². The van der Waals surface area contributed by atoms with Gasteiger partial charge in [0, 0.05) is 5.41 Å². The number of ketones is 3. The van der Waals surface area contributed by atoms with E-state index in [1.807, 2.05) is 20.8 Å². The molecular weight excluding hydrogens is 320 g/mol. The van der Waals surface area contributed by atoms with Crippen molar-refractivity contribution in [2.75, 3.05) is 0 Å². The highest BCUT2D eigenvalue weighted by Crippen LogP contribution is 2.71. The highest BCUT2D eigenvalue weighted by atomic mass is 16.6. The van der Waals surface area contributed by atoms with Crippen LogP contribution in [0.1, 0.15) is 60.1 Å². The van der Waals surface area contributed by atoms with Gasteiger partial charge in [-0.05, 0) is 56.4 Å². The average Bonchev–Trinajstić information content (AvgIpc) is 3.20. The zero-order valence-electron chi connectivity index (χ0n) is 14.6. The minimum Gasteiger partial charge on any atom is -0.460 e. The molecular formula is C20H18O5. The summed E-state index contributed by atoms with van der Waals surface area (Å²) in [5.41, 5.74) is -0.0706. The third kappa shape index (κ3) is 1.24. The molecule has 0 bridgehead atoms. The maximum absolute atomic E-state index is 13.4. The topological polar surface area (TPSA) is 76.9 Å². The molecule has 5 rings (SSSR count). The second-order valence-electron chi connectivity index (χ2n) is 7.91. The van der Waals surface area contributed by atoms with Gasteiger partial charge in [-0.3, -0.25) is 14.4 Å². The first-order chi connectivity index (χ1) is 11.7. The zero-order chi connectivity index (χ0) is 17.9. The number of furan rings is 1. The summed E-state index contributed by atoms with van der Waals surface area (Å²) in [6.45, 7) is 7.65. The molecule has 0 unspecified atom stereocenters. The van der Waals surface area contributed by atoms with Gasteiger partial charge in [0.1, 0.15) is 0 Å². The van der Waals surface area contributed by atoms with Crippen LogP contribution in [0.15, 0.2) is 33.5 Å². The van der Waals surface area contributed by atoms with Crippen molar-refractivity contribution >= 4 is 17.3 Å². The molecule has 5 heteroatoms. The molecule has 1 fully saturated rings. The minimum atomic E-state index is -1.70. The molecule has 0 radical (unpaired) electrons. The van der Waals surface area contributed by atoms with Crippen LogP contribution in [0.2, 0.25) is 0 Å². The van der Waals surface area contributed by atoms with Crippen molar-refractivity contribution < 1.29 is 23.5 Å². The van der Waals surface area contributed by atoms with E-state index in [0.717, 1.165) is 17.6 Å². The van der Waals surface area contributed by atoms with Crippen LogP contribution in [0, 0.1) is 12.3 Å². The van der Waals surface area contributed by atoms with Crippen LogP contribution in [0.25, 0.3) is 0 Å². The van der Waals surface area contributed by atoms with Crippen LogP contribution in [-0.2, 0) is 9.53 Å². The standard InChI is InChI=1S/C20H18O5/c1-9-5-6-18(4)12(11(9)3)7-13(21)19-16(22)14-10(2)8-24-15(14)17(23)20(18,19)25-19/h7-8H,5-6H2,1-4H3/t18-,19-,20-/m0/s1. The number of rotatable bonds is 0. The van der Waals surface area contributed by atoms with E-state index in [9.17, 15) is 14.4 Å². The van der Waals surface area contributed by atoms with Gasteiger partial charge in [-0.1, -0.05) is 12.5 Å². The first-order valence-corrected chi connectivity index (χ1v) is 8.53. The number of Topliss-reactive ketones (excluding diaryl/α,β-unsaturated/α-hetero) is 2. The van der Waals surface area contributed by atoms with E-state index in [1.54, 1.807) is 6.92 Å². The van der Waals surface area contributed by atoms with Crippen molar-refractivity contribution in [2.24, 2.45) is 5.41 Å². The van der Waals surface area contributed by atoms with Crippen LogP contribution in [-0.4, -0.2) is 28.6 Å². The Labute approximate surface area is 144 Å². The van der Waals surface area contributed by atoms with Gasteiger partial charge < -0.3 is 9.15 Å². The molecule has 2 heterocycles. The lowest BCUT2D eigenvalue weighted by molar-refractivity contribution is -0.118. The summed E-state index contributed by atoms with van der Waals surface area (Å²) in [4.78, 5) is 39.6. The molecule has 0 N–H and O–H groups in total. The van der Waals surface area contributed by atoms with Crippen LogP contribution >= 0.6 is 0 Å². The van der Waals surface area contributed by atoms with Gasteiger partial charge in [0.15, 0.2) is 17.1 Å². The van der Waals surface area contributed by atoms with E-state index >= 15 is 0 Å². The van der Waals surface area contributed by atoms with Gasteiger partial charge >= 0.3 is 0 Å². The Morgan fingerprint density at radius 3 is 2.52 bits per heavy atom. The fourth-order valence-corrected chi connectivity index (χ4v) is 5.20. The summed E-state index contributed by atoms with van der Waals surface area (Å²) >= 11 is 0. The van der Waals surface area contributed by atoms with Gasteiger partial charge in [0.2, 0.25) is 17.2 Å². The number of hydrogen-bond acceptors (Lipinski definition) is 5. The number of allylic oxidation sites excluding steroid dienone is 2. The second-order valence-corrected chi connectivity index (χ2v) is 7.91. The monoisotopic (exact) mass is 338 g/mol. The Morgan fingerprint density at radius 1 is 1.08 bits per heavy atom. The predicted molar refractivity (Wildman–Crippen MR) is 87.5 cm³/mol. The molecule has 128 valence electrons. The summed E-state index contributed by atoms with van der Waals surface area (Å²) < 4.78 is 11.3. The van der Waals surface area contributed by atoms with Crippen molar-refractivity contribution in [3.63, 3.8) is 0 Å². The molecule has 0 saturated carbocycles. The molecule has 1 saturated heterocycles. The molecule has 1 aromatic rings. The fraction of sp³-hybridized carbons (Fsp3) is 0.450. The lowest BCUT2D eigenvalue weighted by atomic mass is 9.52. The van der Waals surface area contributed by atoms with Crippen molar-refractivity contribution in [1.29, 1.82) is 0 Å². The molecule has 3 aliphatic carbocycles.